The Labute approximate surface area is 169 Å². The second-order valence-corrected chi connectivity index (χ2v) is 8.78. The first-order valence-corrected chi connectivity index (χ1v) is 11.1. The number of fused-ring (bicyclic) bond motifs is 3. The molecule has 0 atom stereocenters. The van der Waals surface area contributed by atoms with Gasteiger partial charge in [-0.25, -0.2) is 14.6 Å². The van der Waals surface area contributed by atoms with Crippen molar-refractivity contribution in [3.8, 4) is 0 Å². The average Bonchev–Trinajstić information content (AvgIpc) is 3.39. The summed E-state index contributed by atoms with van der Waals surface area (Å²) in [4.78, 5) is 11.8. The fraction of sp³-hybridized carbons (Fsp3) is 0.389. The second kappa shape index (κ2) is 7.51. The minimum Gasteiger partial charge on any atom is -0.467 e. The van der Waals surface area contributed by atoms with E-state index in [0.717, 1.165) is 28.8 Å². The zero-order chi connectivity index (χ0) is 18.9. The van der Waals surface area contributed by atoms with Crippen molar-refractivity contribution in [2.75, 3.05) is 5.73 Å². The molecule has 10 heteroatoms. The van der Waals surface area contributed by atoms with Gasteiger partial charge in [-0.2, -0.15) is 0 Å². The molecule has 28 heavy (non-hydrogen) atoms. The lowest BCUT2D eigenvalue weighted by Gasteiger charge is -2.05. The number of rotatable bonds is 5. The van der Waals surface area contributed by atoms with E-state index in [4.69, 9.17) is 15.1 Å². The molecule has 0 saturated carbocycles. The highest BCUT2D eigenvalue weighted by molar-refractivity contribution is 7.98. The van der Waals surface area contributed by atoms with Crippen LogP contribution in [0.3, 0.4) is 0 Å². The molecule has 0 unspecified atom stereocenters. The van der Waals surface area contributed by atoms with Crippen LogP contribution in [-0.2, 0) is 25.1 Å². The number of thioether (sulfide) groups is 1. The zero-order valence-corrected chi connectivity index (χ0v) is 16.8. The number of furan rings is 1. The first-order chi connectivity index (χ1) is 13.8. The van der Waals surface area contributed by atoms with Crippen LogP contribution < -0.4 is 5.73 Å². The van der Waals surface area contributed by atoms with Crippen molar-refractivity contribution in [1.82, 2.24) is 30.2 Å². The lowest BCUT2D eigenvalue weighted by molar-refractivity contribution is 0.462. The van der Waals surface area contributed by atoms with Crippen molar-refractivity contribution in [1.29, 1.82) is 0 Å². The quantitative estimate of drug-likeness (QED) is 0.391. The summed E-state index contributed by atoms with van der Waals surface area (Å²) in [5.41, 5.74) is 7.71. The number of nitrogens with zero attached hydrogens (tertiary/aromatic N) is 6. The van der Waals surface area contributed by atoms with Gasteiger partial charge in [-0.05, 0) is 53.8 Å². The van der Waals surface area contributed by atoms with Gasteiger partial charge in [-0.15, -0.1) is 16.4 Å². The molecule has 4 aromatic rings. The Morgan fingerprint density at radius 1 is 1.21 bits per heavy atom. The van der Waals surface area contributed by atoms with Crippen LogP contribution in [0.1, 0.15) is 41.3 Å². The molecular formula is C18H19N7OS2. The van der Waals surface area contributed by atoms with Crippen molar-refractivity contribution in [3.63, 3.8) is 0 Å². The highest BCUT2D eigenvalue weighted by atomic mass is 32.2. The van der Waals surface area contributed by atoms with Gasteiger partial charge in [0, 0.05) is 4.88 Å². The molecule has 0 aliphatic heterocycles. The molecule has 0 amide bonds. The van der Waals surface area contributed by atoms with Gasteiger partial charge < -0.3 is 10.2 Å². The monoisotopic (exact) mass is 413 g/mol. The predicted molar refractivity (Wildman–Crippen MR) is 108 cm³/mol. The van der Waals surface area contributed by atoms with E-state index in [1.807, 2.05) is 12.1 Å². The topological polar surface area (TPSA) is 109 Å². The molecule has 1 aliphatic carbocycles. The SMILES string of the molecule is Nc1nc(CSc2nnnn2Cc2ccco2)nc2sc3c(c12)CCCCC3. The maximum absolute atomic E-state index is 6.33. The molecule has 0 radical (unpaired) electrons. The van der Waals surface area contributed by atoms with Crippen LogP contribution in [-0.4, -0.2) is 30.2 Å². The Kier molecular flexibility index (Phi) is 4.73. The van der Waals surface area contributed by atoms with Gasteiger partial charge in [0.15, 0.2) is 0 Å². The average molecular weight is 414 g/mol. The molecule has 0 saturated heterocycles. The fourth-order valence-corrected chi connectivity index (χ4v) is 5.57. The summed E-state index contributed by atoms with van der Waals surface area (Å²) in [7, 11) is 0. The second-order valence-electron chi connectivity index (χ2n) is 6.76. The lowest BCUT2D eigenvalue weighted by Crippen LogP contribution is -2.04. The van der Waals surface area contributed by atoms with Crippen molar-refractivity contribution in [3.05, 3.63) is 40.4 Å². The van der Waals surface area contributed by atoms with Gasteiger partial charge in [-0.3, -0.25) is 0 Å². The largest absolute Gasteiger partial charge is 0.467 e. The van der Waals surface area contributed by atoms with Gasteiger partial charge in [0.05, 0.1) is 17.4 Å². The summed E-state index contributed by atoms with van der Waals surface area (Å²) in [6, 6.07) is 3.75. The minimum absolute atomic E-state index is 0.488. The van der Waals surface area contributed by atoms with Gasteiger partial charge in [0.2, 0.25) is 5.16 Å². The Bertz CT molecular complexity index is 1100. The zero-order valence-electron chi connectivity index (χ0n) is 15.2. The van der Waals surface area contributed by atoms with Crippen molar-refractivity contribution in [2.45, 2.75) is 49.6 Å². The lowest BCUT2D eigenvalue weighted by atomic mass is 10.1. The first-order valence-electron chi connectivity index (χ1n) is 9.26. The molecule has 0 fully saturated rings. The molecule has 2 N–H and O–H groups in total. The predicted octanol–water partition coefficient (Wildman–Crippen LogP) is 3.46. The molecule has 1 aliphatic rings. The molecule has 0 spiro atoms. The van der Waals surface area contributed by atoms with Crippen LogP contribution in [0.15, 0.2) is 28.0 Å². The van der Waals surface area contributed by atoms with Crippen LogP contribution in [0.5, 0.6) is 0 Å². The van der Waals surface area contributed by atoms with E-state index in [1.54, 1.807) is 22.3 Å². The third kappa shape index (κ3) is 3.37. The van der Waals surface area contributed by atoms with E-state index in [0.29, 0.717) is 29.1 Å². The first kappa shape index (κ1) is 17.6. The highest BCUT2D eigenvalue weighted by Crippen LogP contribution is 2.37. The van der Waals surface area contributed by atoms with E-state index in [-0.39, 0.29) is 0 Å². The van der Waals surface area contributed by atoms with Crippen LogP contribution in [0.2, 0.25) is 0 Å². The number of hydrogen-bond acceptors (Lipinski definition) is 9. The van der Waals surface area contributed by atoms with E-state index >= 15 is 0 Å². The van der Waals surface area contributed by atoms with Gasteiger partial charge in [0.1, 0.15) is 28.8 Å². The summed E-state index contributed by atoms with van der Waals surface area (Å²) >= 11 is 3.27. The summed E-state index contributed by atoms with van der Waals surface area (Å²) in [6.45, 7) is 0.488. The number of aryl methyl sites for hydroxylation is 2. The Morgan fingerprint density at radius 2 is 2.14 bits per heavy atom. The Hall–Kier alpha value is -2.46. The van der Waals surface area contributed by atoms with E-state index < -0.39 is 0 Å². The number of nitrogens with two attached hydrogens (primary N) is 1. The summed E-state index contributed by atoms with van der Waals surface area (Å²) < 4.78 is 7.08. The third-order valence-corrected chi connectivity index (χ3v) is 6.99. The van der Waals surface area contributed by atoms with Crippen molar-refractivity contribution in [2.24, 2.45) is 0 Å². The third-order valence-electron chi connectivity index (χ3n) is 4.85. The van der Waals surface area contributed by atoms with E-state index in [1.165, 1.54) is 41.5 Å². The fourth-order valence-electron chi connectivity index (χ4n) is 3.55. The number of anilines is 1. The maximum Gasteiger partial charge on any atom is 0.210 e. The highest BCUT2D eigenvalue weighted by Gasteiger charge is 2.19. The summed E-state index contributed by atoms with van der Waals surface area (Å²) in [5.74, 6) is 2.66. The molecule has 0 bridgehead atoms. The normalized spacial score (nSPS) is 14.3. The van der Waals surface area contributed by atoms with Gasteiger partial charge in [0.25, 0.3) is 0 Å². The van der Waals surface area contributed by atoms with Gasteiger partial charge in [-0.1, -0.05) is 18.2 Å². The number of nitrogen functional groups attached to an aromatic ring is 1. The van der Waals surface area contributed by atoms with Crippen LogP contribution in [0.25, 0.3) is 10.2 Å². The standard InChI is InChI=1S/C18H19N7OS2/c19-16-15-12-6-2-1-3-7-13(12)28-17(15)21-14(20-16)10-27-18-22-23-24-25(18)9-11-5-4-8-26-11/h4-5,8H,1-3,6-7,9-10H2,(H2,19,20,21). The number of thiophene rings is 1. The summed E-state index contributed by atoms with van der Waals surface area (Å²) in [5, 5.41) is 13.7. The molecule has 4 heterocycles. The van der Waals surface area contributed by atoms with Gasteiger partial charge >= 0.3 is 0 Å². The summed E-state index contributed by atoms with van der Waals surface area (Å²) in [6.07, 6.45) is 7.59. The van der Waals surface area contributed by atoms with E-state index in [9.17, 15) is 0 Å². The Morgan fingerprint density at radius 3 is 3.04 bits per heavy atom. The molecule has 0 aromatic carbocycles. The number of hydrogen-bond donors (Lipinski definition) is 1. The van der Waals surface area contributed by atoms with Crippen LogP contribution >= 0.6 is 23.1 Å². The van der Waals surface area contributed by atoms with Crippen molar-refractivity contribution >= 4 is 39.1 Å². The molecule has 4 aromatic heterocycles. The van der Waals surface area contributed by atoms with E-state index in [2.05, 4.69) is 20.5 Å². The molecular weight excluding hydrogens is 394 g/mol. The molecule has 144 valence electrons. The Balaban J connectivity index is 1.37. The number of aromatic nitrogens is 6. The van der Waals surface area contributed by atoms with Crippen molar-refractivity contribution < 1.29 is 4.42 Å². The smallest absolute Gasteiger partial charge is 0.210 e. The molecule has 5 rings (SSSR count). The van der Waals surface area contributed by atoms with Crippen LogP contribution in [0.4, 0.5) is 5.82 Å². The minimum atomic E-state index is 0.488. The maximum atomic E-state index is 6.33. The van der Waals surface area contributed by atoms with Crippen LogP contribution in [0, 0.1) is 0 Å². The number of tetrazole rings is 1. The molecule has 8 nitrogen and oxygen atoms in total.